The molecule has 1 unspecified atom stereocenters. The van der Waals surface area contributed by atoms with E-state index in [1.165, 1.54) is 5.56 Å². The lowest BCUT2D eigenvalue weighted by Gasteiger charge is -2.33. The summed E-state index contributed by atoms with van der Waals surface area (Å²) in [5, 5.41) is 3.19. The van der Waals surface area contributed by atoms with Gasteiger partial charge in [0, 0.05) is 24.8 Å². The number of hydrogen-bond donors (Lipinski definition) is 2. The quantitative estimate of drug-likeness (QED) is 0.832. The van der Waals surface area contributed by atoms with Gasteiger partial charge >= 0.3 is 0 Å². The molecule has 0 spiro atoms. The Hall–Kier alpha value is -2.33. The summed E-state index contributed by atoms with van der Waals surface area (Å²) < 4.78 is 0. The second-order valence-corrected chi connectivity index (χ2v) is 6.55. The summed E-state index contributed by atoms with van der Waals surface area (Å²) in [6, 6.07) is 18.2. The van der Waals surface area contributed by atoms with Gasteiger partial charge in [-0.05, 0) is 42.6 Å². The Morgan fingerprint density at radius 2 is 1.83 bits per heavy atom. The van der Waals surface area contributed by atoms with Crippen LogP contribution in [0.3, 0.4) is 0 Å². The monoisotopic (exact) mass is 323 g/mol. The van der Waals surface area contributed by atoms with Crippen LogP contribution in [0.15, 0.2) is 54.6 Å². The summed E-state index contributed by atoms with van der Waals surface area (Å²) in [5.74, 6) is 0.0892. The lowest BCUT2D eigenvalue weighted by atomic mass is 10.0. The second-order valence-electron chi connectivity index (χ2n) is 6.55. The van der Waals surface area contributed by atoms with Crippen LogP contribution >= 0.6 is 0 Å². The van der Waals surface area contributed by atoms with Crippen LogP contribution in [-0.2, 0) is 17.8 Å². The third-order valence-electron chi connectivity index (χ3n) is 4.46. The summed E-state index contributed by atoms with van der Waals surface area (Å²) in [7, 11) is 0. The molecule has 4 nitrogen and oxygen atoms in total. The molecule has 24 heavy (non-hydrogen) atoms. The average molecular weight is 323 g/mol. The van der Waals surface area contributed by atoms with E-state index in [1.54, 1.807) is 0 Å². The molecule has 126 valence electrons. The molecular formula is C20H25N3O. The maximum atomic E-state index is 12.3. The molecule has 0 aliphatic carbocycles. The largest absolute Gasteiger partial charge is 0.399 e. The number of nitrogens with one attached hydrogen (secondary N) is 1. The van der Waals surface area contributed by atoms with E-state index in [1.807, 2.05) is 30.3 Å². The first-order chi connectivity index (χ1) is 11.7. The van der Waals surface area contributed by atoms with Crippen LogP contribution in [0.1, 0.15) is 24.0 Å². The first kappa shape index (κ1) is 16.5. The van der Waals surface area contributed by atoms with Gasteiger partial charge in [-0.15, -0.1) is 0 Å². The molecule has 1 fully saturated rings. The first-order valence-corrected chi connectivity index (χ1v) is 8.59. The van der Waals surface area contributed by atoms with Crippen molar-refractivity contribution in [1.82, 2.24) is 10.2 Å². The number of hydrogen-bond acceptors (Lipinski definition) is 3. The van der Waals surface area contributed by atoms with Crippen LogP contribution in [0.25, 0.3) is 0 Å². The second kappa shape index (κ2) is 7.97. The molecule has 0 radical (unpaired) electrons. The van der Waals surface area contributed by atoms with Crippen molar-refractivity contribution >= 4 is 11.6 Å². The number of amides is 1. The minimum Gasteiger partial charge on any atom is -0.399 e. The summed E-state index contributed by atoms with van der Waals surface area (Å²) in [6.45, 7) is 2.97. The highest BCUT2D eigenvalue weighted by molar-refractivity contribution is 5.79. The molecule has 1 saturated heterocycles. The summed E-state index contributed by atoms with van der Waals surface area (Å²) >= 11 is 0. The molecule has 3 rings (SSSR count). The van der Waals surface area contributed by atoms with E-state index in [0.29, 0.717) is 6.42 Å². The van der Waals surface area contributed by atoms with Gasteiger partial charge in [-0.25, -0.2) is 0 Å². The number of carbonyl (C=O) groups excluding carboxylic acids is 1. The van der Waals surface area contributed by atoms with Gasteiger partial charge in [0.25, 0.3) is 0 Å². The summed E-state index contributed by atoms with van der Waals surface area (Å²) in [6.07, 6.45) is 2.59. The van der Waals surface area contributed by atoms with Gasteiger partial charge in [-0.1, -0.05) is 42.5 Å². The maximum Gasteiger partial charge on any atom is 0.224 e. The highest BCUT2D eigenvalue weighted by Crippen LogP contribution is 2.14. The molecule has 4 heteroatoms. The van der Waals surface area contributed by atoms with Crippen molar-refractivity contribution in [3.63, 3.8) is 0 Å². The Balaban J connectivity index is 1.49. The zero-order chi connectivity index (χ0) is 16.8. The average Bonchev–Trinajstić information content (AvgIpc) is 2.58. The zero-order valence-corrected chi connectivity index (χ0v) is 13.9. The topological polar surface area (TPSA) is 58.4 Å². The zero-order valence-electron chi connectivity index (χ0n) is 13.9. The van der Waals surface area contributed by atoms with Crippen LogP contribution in [0.5, 0.6) is 0 Å². The van der Waals surface area contributed by atoms with Crippen LogP contribution in [0.2, 0.25) is 0 Å². The summed E-state index contributed by atoms with van der Waals surface area (Å²) in [5.41, 5.74) is 8.73. The lowest BCUT2D eigenvalue weighted by Crippen LogP contribution is -2.47. The first-order valence-electron chi connectivity index (χ1n) is 8.59. The fraction of sp³-hybridized carbons (Fsp3) is 0.350. The van der Waals surface area contributed by atoms with Crippen molar-refractivity contribution in [2.75, 3.05) is 18.8 Å². The number of carbonyl (C=O) groups is 1. The fourth-order valence-corrected chi connectivity index (χ4v) is 3.26. The fourth-order valence-electron chi connectivity index (χ4n) is 3.26. The molecule has 2 aromatic rings. The Bertz CT molecular complexity index is 654. The molecule has 2 aromatic carbocycles. The summed E-state index contributed by atoms with van der Waals surface area (Å²) in [4.78, 5) is 14.7. The van der Waals surface area contributed by atoms with Gasteiger partial charge in [0.15, 0.2) is 0 Å². The van der Waals surface area contributed by atoms with Crippen molar-refractivity contribution < 1.29 is 4.79 Å². The van der Waals surface area contributed by atoms with Gasteiger partial charge < -0.3 is 11.1 Å². The number of anilines is 1. The SMILES string of the molecule is Nc1ccc(CC(=O)NC2CCCN(Cc3ccccc3)C2)cc1. The predicted molar refractivity (Wildman–Crippen MR) is 97.4 cm³/mol. The van der Waals surface area contributed by atoms with Gasteiger partial charge in [-0.3, -0.25) is 9.69 Å². The van der Waals surface area contributed by atoms with Crippen LogP contribution in [0, 0.1) is 0 Å². The molecule has 1 aliphatic heterocycles. The number of rotatable bonds is 5. The molecule has 1 heterocycles. The van der Waals surface area contributed by atoms with Crippen molar-refractivity contribution in [2.45, 2.75) is 31.8 Å². The third-order valence-corrected chi connectivity index (χ3v) is 4.46. The molecule has 0 bridgehead atoms. The van der Waals surface area contributed by atoms with Crippen molar-refractivity contribution in [3.05, 3.63) is 65.7 Å². The highest BCUT2D eigenvalue weighted by atomic mass is 16.1. The molecule has 1 aliphatic rings. The smallest absolute Gasteiger partial charge is 0.224 e. The van der Waals surface area contributed by atoms with Crippen LogP contribution < -0.4 is 11.1 Å². The Labute approximate surface area is 143 Å². The number of nitrogen functional groups attached to an aromatic ring is 1. The molecule has 3 N–H and O–H groups in total. The lowest BCUT2D eigenvalue weighted by molar-refractivity contribution is -0.121. The van der Waals surface area contributed by atoms with E-state index in [9.17, 15) is 4.79 Å². The standard InChI is InChI=1S/C20H25N3O/c21-18-10-8-16(9-11-18)13-20(24)22-19-7-4-12-23(15-19)14-17-5-2-1-3-6-17/h1-3,5-6,8-11,19H,4,7,12-15,21H2,(H,22,24). The van der Waals surface area contributed by atoms with Crippen molar-refractivity contribution in [3.8, 4) is 0 Å². The van der Waals surface area contributed by atoms with E-state index in [2.05, 4.69) is 34.5 Å². The number of benzene rings is 2. The molecule has 0 saturated carbocycles. The Kier molecular flexibility index (Phi) is 5.49. The molecule has 1 amide bonds. The Morgan fingerprint density at radius 1 is 1.08 bits per heavy atom. The van der Waals surface area contributed by atoms with Crippen molar-refractivity contribution in [1.29, 1.82) is 0 Å². The van der Waals surface area contributed by atoms with Gasteiger partial charge in [0.05, 0.1) is 6.42 Å². The number of piperidine rings is 1. The van der Waals surface area contributed by atoms with E-state index in [4.69, 9.17) is 5.73 Å². The van der Waals surface area contributed by atoms with Crippen molar-refractivity contribution in [2.24, 2.45) is 0 Å². The van der Waals surface area contributed by atoms with Gasteiger partial charge in [-0.2, -0.15) is 0 Å². The van der Waals surface area contributed by atoms with E-state index in [-0.39, 0.29) is 11.9 Å². The van der Waals surface area contributed by atoms with E-state index in [0.717, 1.165) is 43.7 Å². The van der Waals surface area contributed by atoms with E-state index >= 15 is 0 Å². The third kappa shape index (κ3) is 4.83. The number of nitrogens with two attached hydrogens (primary N) is 1. The predicted octanol–water partition coefficient (Wildman–Crippen LogP) is 2.59. The number of likely N-dealkylation sites (tertiary alicyclic amines) is 1. The van der Waals surface area contributed by atoms with Gasteiger partial charge in [0.2, 0.25) is 5.91 Å². The molecule has 1 atom stereocenters. The minimum absolute atomic E-state index is 0.0892. The van der Waals surface area contributed by atoms with Crippen LogP contribution in [-0.4, -0.2) is 29.9 Å². The van der Waals surface area contributed by atoms with Gasteiger partial charge in [0.1, 0.15) is 0 Å². The highest BCUT2D eigenvalue weighted by Gasteiger charge is 2.21. The Morgan fingerprint density at radius 3 is 2.58 bits per heavy atom. The van der Waals surface area contributed by atoms with E-state index < -0.39 is 0 Å². The normalized spacial score (nSPS) is 18.2. The minimum atomic E-state index is 0.0892. The van der Waals surface area contributed by atoms with Crippen LogP contribution in [0.4, 0.5) is 5.69 Å². The molecular weight excluding hydrogens is 298 g/mol. The molecule has 0 aromatic heterocycles. The number of nitrogens with zero attached hydrogens (tertiary/aromatic N) is 1. The maximum absolute atomic E-state index is 12.3.